The second kappa shape index (κ2) is 3.42. The Balaban J connectivity index is 2.77. The molecule has 3 nitrogen and oxygen atoms in total. The van der Waals surface area contributed by atoms with E-state index < -0.39 is 0 Å². The lowest BCUT2D eigenvalue weighted by Crippen LogP contribution is -2.10. The summed E-state index contributed by atoms with van der Waals surface area (Å²) in [6.07, 6.45) is 1.87. The van der Waals surface area contributed by atoms with Crippen LogP contribution < -0.4 is 5.56 Å². The van der Waals surface area contributed by atoms with Gasteiger partial charge in [0, 0.05) is 21.5 Å². The number of imidazole rings is 1. The van der Waals surface area contributed by atoms with Crippen LogP contribution in [0, 0.1) is 3.57 Å². The fourth-order valence-electron chi connectivity index (χ4n) is 1.39. The minimum absolute atomic E-state index is 0.0232. The zero-order valence-electron chi connectivity index (χ0n) is 8.04. The number of halogens is 1. The zero-order valence-corrected chi connectivity index (χ0v) is 10.2. The number of fused-ring (bicyclic) bond motifs is 1. The summed E-state index contributed by atoms with van der Waals surface area (Å²) in [5.41, 5.74) is 1.98. The van der Waals surface area contributed by atoms with Crippen molar-refractivity contribution in [2.24, 2.45) is 0 Å². The minimum Gasteiger partial charge on any atom is -0.343 e. The molecule has 4 heteroatoms. The van der Waals surface area contributed by atoms with E-state index in [1.165, 1.54) is 0 Å². The highest BCUT2D eigenvalue weighted by Gasteiger charge is 2.05. The molecule has 2 heterocycles. The number of hydrogen-bond donors (Lipinski definition) is 1. The van der Waals surface area contributed by atoms with Gasteiger partial charge in [-0.3, -0.25) is 9.20 Å². The summed E-state index contributed by atoms with van der Waals surface area (Å²) in [6.45, 7) is 4.20. The molecule has 0 fully saturated rings. The van der Waals surface area contributed by atoms with Gasteiger partial charge in [-0.05, 0) is 34.6 Å². The SMILES string of the molecule is CC(C)c1cn2c(=O)cc(I)cc2[nH]1. The van der Waals surface area contributed by atoms with Gasteiger partial charge >= 0.3 is 0 Å². The van der Waals surface area contributed by atoms with Crippen molar-refractivity contribution in [3.8, 4) is 0 Å². The van der Waals surface area contributed by atoms with E-state index in [0.29, 0.717) is 5.92 Å². The summed E-state index contributed by atoms with van der Waals surface area (Å²) in [4.78, 5) is 14.8. The van der Waals surface area contributed by atoms with Crippen molar-refractivity contribution in [1.82, 2.24) is 9.38 Å². The Morgan fingerprint density at radius 2 is 2.14 bits per heavy atom. The molecule has 0 amide bonds. The average Bonchev–Trinajstić information content (AvgIpc) is 2.47. The van der Waals surface area contributed by atoms with E-state index in [2.05, 4.69) is 41.4 Å². The standard InChI is InChI=1S/C10H11IN2O/c1-6(2)8-5-13-9(12-8)3-7(11)4-10(13)14/h3-6,12H,1-2H3. The van der Waals surface area contributed by atoms with Crippen LogP contribution in [-0.2, 0) is 0 Å². The summed E-state index contributed by atoms with van der Waals surface area (Å²) in [6, 6.07) is 3.60. The van der Waals surface area contributed by atoms with Crippen LogP contribution in [0.4, 0.5) is 0 Å². The Morgan fingerprint density at radius 1 is 1.43 bits per heavy atom. The Hall–Kier alpha value is -0.780. The third-order valence-electron chi connectivity index (χ3n) is 2.20. The molecular weight excluding hydrogens is 291 g/mol. The second-order valence-corrected chi connectivity index (χ2v) is 4.88. The molecule has 0 aliphatic carbocycles. The minimum atomic E-state index is 0.0232. The Labute approximate surface area is 95.3 Å². The second-order valence-electron chi connectivity index (χ2n) is 3.63. The molecule has 0 saturated heterocycles. The van der Waals surface area contributed by atoms with Crippen molar-refractivity contribution < 1.29 is 0 Å². The average molecular weight is 302 g/mol. The van der Waals surface area contributed by atoms with E-state index in [1.807, 2.05) is 12.3 Å². The number of H-pyrrole nitrogens is 1. The van der Waals surface area contributed by atoms with Crippen LogP contribution in [0.1, 0.15) is 25.5 Å². The van der Waals surface area contributed by atoms with Crippen LogP contribution in [0.5, 0.6) is 0 Å². The smallest absolute Gasteiger partial charge is 0.257 e. The van der Waals surface area contributed by atoms with Crippen molar-refractivity contribution in [1.29, 1.82) is 0 Å². The maximum Gasteiger partial charge on any atom is 0.257 e. The molecule has 2 aromatic heterocycles. The number of rotatable bonds is 1. The topological polar surface area (TPSA) is 37.3 Å². The quantitative estimate of drug-likeness (QED) is 0.807. The third-order valence-corrected chi connectivity index (χ3v) is 2.82. The lowest BCUT2D eigenvalue weighted by atomic mass is 10.2. The summed E-state index contributed by atoms with van der Waals surface area (Å²) in [5, 5.41) is 0. The van der Waals surface area contributed by atoms with Crippen LogP contribution in [0.2, 0.25) is 0 Å². The van der Waals surface area contributed by atoms with Gasteiger partial charge in [0.25, 0.3) is 5.56 Å². The van der Waals surface area contributed by atoms with Gasteiger partial charge in [0.15, 0.2) is 0 Å². The van der Waals surface area contributed by atoms with Crippen molar-refractivity contribution in [2.75, 3.05) is 0 Å². The monoisotopic (exact) mass is 302 g/mol. The predicted molar refractivity (Wildman–Crippen MR) is 64.8 cm³/mol. The van der Waals surface area contributed by atoms with Crippen LogP contribution in [-0.4, -0.2) is 9.38 Å². The molecule has 0 unspecified atom stereocenters. The molecule has 14 heavy (non-hydrogen) atoms. The summed E-state index contributed by atoms with van der Waals surface area (Å²) in [5.74, 6) is 0.409. The van der Waals surface area contributed by atoms with Crippen molar-refractivity contribution in [3.05, 3.63) is 37.9 Å². The molecule has 0 spiro atoms. The summed E-state index contributed by atoms with van der Waals surface area (Å²) < 4.78 is 2.61. The molecule has 2 rings (SSSR count). The van der Waals surface area contributed by atoms with Gasteiger partial charge in [0.1, 0.15) is 5.65 Å². The first-order valence-electron chi connectivity index (χ1n) is 4.49. The third kappa shape index (κ3) is 1.58. The first-order chi connectivity index (χ1) is 6.58. The Morgan fingerprint density at radius 3 is 2.79 bits per heavy atom. The number of nitrogens with one attached hydrogen (secondary N) is 1. The van der Waals surface area contributed by atoms with Crippen molar-refractivity contribution in [3.63, 3.8) is 0 Å². The number of aromatic nitrogens is 2. The molecule has 0 aliphatic rings. The van der Waals surface area contributed by atoms with Gasteiger partial charge in [-0.1, -0.05) is 13.8 Å². The maximum absolute atomic E-state index is 11.6. The van der Waals surface area contributed by atoms with Gasteiger partial charge in [-0.15, -0.1) is 0 Å². The predicted octanol–water partition coefficient (Wildman–Crippen LogP) is 2.36. The Kier molecular flexibility index (Phi) is 2.38. The van der Waals surface area contributed by atoms with Gasteiger partial charge < -0.3 is 4.98 Å². The fraction of sp³-hybridized carbons (Fsp3) is 0.300. The molecule has 0 aromatic carbocycles. The molecular formula is C10H11IN2O. The molecule has 74 valence electrons. The van der Waals surface area contributed by atoms with E-state index in [-0.39, 0.29) is 5.56 Å². The van der Waals surface area contributed by atoms with Crippen molar-refractivity contribution in [2.45, 2.75) is 19.8 Å². The van der Waals surface area contributed by atoms with E-state index in [0.717, 1.165) is 14.9 Å². The summed E-state index contributed by atoms with van der Waals surface area (Å²) in [7, 11) is 0. The molecule has 0 atom stereocenters. The summed E-state index contributed by atoms with van der Waals surface area (Å²) >= 11 is 2.15. The van der Waals surface area contributed by atoms with Gasteiger partial charge in [0.2, 0.25) is 0 Å². The highest BCUT2D eigenvalue weighted by atomic mass is 127. The highest BCUT2D eigenvalue weighted by molar-refractivity contribution is 14.1. The van der Waals surface area contributed by atoms with E-state index in [9.17, 15) is 4.79 Å². The van der Waals surface area contributed by atoms with E-state index >= 15 is 0 Å². The van der Waals surface area contributed by atoms with Gasteiger partial charge in [0.05, 0.1) is 0 Å². The first-order valence-corrected chi connectivity index (χ1v) is 5.56. The van der Waals surface area contributed by atoms with Crippen LogP contribution >= 0.6 is 22.6 Å². The van der Waals surface area contributed by atoms with Crippen molar-refractivity contribution >= 4 is 28.2 Å². The number of aromatic amines is 1. The zero-order chi connectivity index (χ0) is 10.3. The molecule has 0 bridgehead atoms. The highest BCUT2D eigenvalue weighted by Crippen LogP contribution is 2.14. The number of hydrogen-bond acceptors (Lipinski definition) is 1. The van der Waals surface area contributed by atoms with Crippen LogP contribution in [0.15, 0.2) is 23.1 Å². The van der Waals surface area contributed by atoms with E-state index in [1.54, 1.807) is 10.5 Å². The number of pyridine rings is 1. The van der Waals surface area contributed by atoms with Gasteiger partial charge in [-0.2, -0.15) is 0 Å². The maximum atomic E-state index is 11.6. The molecule has 0 radical (unpaired) electrons. The molecule has 2 aromatic rings. The first kappa shape index (κ1) is 9.76. The molecule has 0 saturated carbocycles. The normalized spacial score (nSPS) is 11.4. The lowest BCUT2D eigenvalue weighted by molar-refractivity contribution is 0.833. The van der Waals surface area contributed by atoms with Gasteiger partial charge in [-0.25, -0.2) is 0 Å². The fourth-order valence-corrected chi connectivity index (χ4v) is 1.95. The molecule has 1 N–H and O–H groups in total. The lowest BCUT2D eigenvalue weighted by Gasteiger charge is -1.96. The van der Waals surface area contributed by atoms with E-state index in [4.69, 9.17) is 0 Å². The van der Waals surface area contributed by atoms with Crippen LogP contribution in [0.25, 0.3) is 5.65 Å². The largest absolute Gasteiger partial charge is 0.343 e. The Bertz CT molecular complexity index is 524. The molecule has 0 aliphatic heterocycles. The number of nitrogens with zero attached hydrogens (tertiary/aromatic N) is 1. The van der Waals surface area contributed by atoms with Crippen LogP contribution in [0.3, 0.4) is 0 Å².